The maximum Gasteiger partial charge on any atom is 0.264 e. The van der Waals surface area contributed by atoms with Crippen molar-refractivity contribution >= 4 is 45.0 Å². The first-order chi connectivity index (χ1) is 13.9. The fourth-order valence-corrected chi connectivity index (χ4v) is 5.11. The zero-order valence-corrected chi connectivity index (χ0v) is 18.0. The molecule has 0 atom stereocenters. The van der Waals surface area contributed by atoms with Gasteiger partial charge in [-0.05, 0) is 37.5 Å². The molecule has 4 rings (SSSR count). The Kier molecular flexibility index (Phi) is 5.61. The van der Waals surface area contributed by atoms with E-state index in [4.69, 9.17) is 11.6 Å². The summed E-state index contributed by atoms with van der Waals surface area (Å²) in [4.78, 5) is 27.8. The molecular formula is C21H23ClN4O2S. The molecular weight excluding hydrogens is 408 g/mol. The van der Waals surface area contributed by atoms with E-state index < -0.39 is 0 Å². The number of rotatable bonds is 4. The molecule has 0 aliphatic carbocycles. The smallest absolute Gasteiger partial charge is 0.264 e. The molecule has 0 radical (unpaired) electrons. The van der Waals surface area contributed by atoms with Gasteiger partial charge in [-0.25, -0.2) is 0 Å². The number of thiophene rings is 1. The van der Waals surface area contributed by atoms with Gasteiger partial charge in [0.15, 0.2) is 0 Å². The standard InChI is InChI=1S/C21H23ClN4O2S/c1-13-17-11-19(20(28)25-9-7-16(8-10-25)23-14(2)27)29-21(17)26(24-13)12-15-5-3-4-6-18(15)22/h3-6,11,16H,7-10,12H2,1-2H3,(H,23,27). The van der Waals surface area contributed by atoms with Gasteiger partial charge >= 0.3 is 0 Å². The Morgan fingerprint density at radius 2 is 2.00 bits per heavy atom. The number of halogens is 1. The highest BCUT2D eigenvalue weighted by Crippen LogP contribution is 2.31. The van der Waals surface area contributed by atoms with Crippen LogP contribution in [0, 0.1) is 6.92 Å². The van der Waals surface area contributed by atoms with Crippen molar-refractivity contribution in [3.63, 3.8) is 0 Å². The van der Waals surface area contributed by atoms with Crippen molar-refractivity contribution in [1.29, 1.82) is 0 Å². The lowest BCUT2D eigenvalue weighted by Crippen LogP contribution is -2.45. The fourth-order valence-electron chi connectivity index (χ4n) is 3.78. The van der Waals surface area contributed by atoms with Crippen LogP contribution in [0.3, 0.4) is 0 Å². The maximum atomic E-state index is 13.0. The topological polar surface area (TPSA) is 67.2 Å². The molecule has 1 aliphatic heterocycles. The highest BCUT2D eigenvalue weighted by molar-refractivity contribution is 7.20. The van der Waals surface area contributed by atoms with Crippen LogP contribution in [0.5, 0.6) is 0 Å². The lowest BCUT2D eigenvalue weighted by atomic mass is 10.0. The lowest BCUT2D eigenvalue weighted by Gasteiger charge is -2.31. The zero-order chi connectivity index (χ0) is 20.5. The molecule has 2 amide bonds. The minimum Gasteiger partial charge on any atom is -0.353 e. The number of piperidine rings is 1. The average molecular weight is 431 g/mol. The summed E-state index contributed by atoms with van der Waals surface area (Å²) in [5.41, 5.74) is 1.91. The van der Waals surface area contributed by atoms with Crippen molar-refractivity contribution in [2.75, 3.05) is 13.1 Å². The van der Waals surface area contributed by atoms with E-state index in [9.17, 15) is 9.59 Å². The second-order valence-corrected chi connectivity index (χ2v) is 8.87. The van der Waals surface area contributed by atoms with E-state index in [1.807, 2.05) is 46.8 Å². The molecule has 3 heterocycles. The van der Waals surface area contributed by atoms with Gasteiger partial charge in [-0.1, -0.05) is 29.8 Å². The molecule has 1 aromatic carbocycles. The van der Waals surface area contributed by atoms with Crippen molar-refractivity contribution in [2.45, 2.75) is 39.3 Å². The Morgan fingerprint density at radius 3 is 2.69 bits per heavy atom. The molecule has 1 aliphatic rings. The van der Waals surface area contributed by atoms with Gasteiger partial charge in [0.25, 0.3) is 5.91 Å². The van der Waals surface area contributed by atoms with Crippen molar-refractivity contribution in [3.05, 3.63) is 51.5 Å². The fraction of sp³-hybridized carbons (Fsp3) is 0.381. The molecule has 0 saturated carbocycles. The van der Waals surface area contributed by atoms with Crippen molar-refractivity contribution < 1.29 is 9.59 Å². The lowest BCUT2D eigenvalue weighted by molar-refractivity contribution is -0.119. The van der Waals surface area contributed by atoms with Crippen molar-refractivity contribution in [1.82, 2.24) is 20.0 Å². The average Bonchev–Trinajstić information content (AvgIpc) is 3.25. The monoisotopic (exact) mass is 430 g/mol. The molecule has 6 nitrogen and oxygen atoms in total. The summed E-state index contributed by atoms with van der Waals surface area (Å²) in [6.45, 7) is 5.38. The third-order valence-electron chi connectivity index (χ3n) is 5.29. The van der Waals surface area contributed by atoms with Crippen LogP contribution in [0.15, 0.2) is 30.3 Å². The molecule has 0 bridgehead atoms. The second-order valence-electron chi connectivity index (χ2n) is 7.43. The predicted molar refractivity (Wildman–Crippen MR) is 116 cm³/mol. The van der Waals surface area contributed by atoms with Gasteiger partial charge < -0.3 is 10.2 Å². The Balaban J connectivity index is 1.53. The van der Waals surface area contributed by atoms with E-state index in [0.717, 1.165) is 39.2 Å². The maximum absolute atomic E-state index is 13.0. The summed E-state index contributed by atoms with van der Waals surface area (Å²) in [6.07, 6.45) is 1.57. The van der Waals surface area contributed by atoms with Gasteiger partial charge in [0, 0.05) is 36.5 Å². The summed E-state index contributed by atoms with van der Waals surface area (Å²) in [7, 11) is 0. The Labute approximate surface area is 178 Å². The molecule has 0 spiro atoms. The van der Waals surface area contributed by atoms with E-state index in [-0.39, 0.29) is 17.9 Å². The number of likely N-dealkylation sites (tertiary alicyclic amines) is 1. The summed E-state index contributed by atoms with van der Waals surface area (Å²) in [5.74, 6) is 0.0361. The van der Waals surface area contributed by atoms with Crippen molar-refractivity contribution in [3.8, 4) is 0 Å². The number of hydrogen-bond acceptors (Lipinski definition) is 4. The Morgan fingerprint density at radius 1 is 1.28 bits per heavy atom. The third kappa shape index (κ3) is 4.16. The molecule has 2 aromatic heterocycles. The highest BCUT2D eigenvalue weighted by atomic mass is 35.5. The second kappa shape index (κ2) is 8.16. The van der Waals surface area contributed by atoms with Gasteiger partial charge in [0.1, 0.15) is 4.83 Å². The van der Waals surface area contributed by atoms with Gasteiger partial charge in [-0.3, -0.25) is 14.3 Å². The molecule has 152 valence electrons. The first-order valence-electron chi connectivity index (χ1n) is 9.69. The number of fused-ring (bicyclic) bond motifs is 1. The zero-order valence-electron chi connectivity index (χ0n) is 16.4. The number of carbonyl (C=O) groups is 2. The quantitative estimate of drug-likeness (QED) is 0.683. The van der Waals surface area contributed by atoms with Gasteiger partial charge in [-0.2, -0.15) is 5.10 Å². The molecule has 1 fully saturated rings. The number of carbonyl (C=O) groups excluding carboxylic acids is 2. The minimum absolute atomic E-state index is 0.0159. The van der Waals surface area contributed by atoms with Crippen LogP contribution in [0.2, 0.25) is 5.02 Å². The van der Waals surface area contributed by atoms with Gasteiger partial charge in [-0.15, -0.1) is 11.3 Å². The van der Waals surface area contributed by atoms with E-state index in [1.165, 1.54) is 18.3 Å². The number of nitrogens with one attached hydrogen (secondary N) is 1. The number of amides is 2. The molecule has 8 heteroatoms. The summed E-state index contributed by atoms with van der Waals surface area (Å²) < 4.78 is 1.93. The van der Waals surface area contributed by atoms with Crippen LogP contribution in [-0.4, -0.2) is 45.6 Å². The SMILES string of the molecule is CC(=O)NC1CCN(C(=O)c2cc3c(C)nn(Cc4ccccc4Cl)c3s2)CC1. The van der Waals surface area contributed by atoms with E-state index >= 15 is 0 Å². The van der Waals surface area contributed by atoms with Crippen LogP contribution in [0.4, 0.5) is 0 Å². The van der Waals surface area contributed by atoms with Crippen LogP contribution in [-0.2, 0) is 11.3 Å². The largest absolute Gasteiger partial charge is 0.353 e. The first-order valence-corrected chi connectivity index (χ1v) is 10.9. The summed E-state index contributed by atoms with van der Waals surface area (Å²) in [5, 5.41) is 9.31. The Hall–Kier alpha value is -2.38. The normalized spacial score (nSPS) is 15.1. The summed E-state index contributed by atoms with van der Waals surface area (Å²) >= 11 is 7.79. The van der Waals surface area contributed by atoms with E-state index in [1.54, 1.807) is 0 Å². The van der Waals surface area contributed by atoms with Crippen LogP contribution < -0.4 is 5.32 Å². The van der Waals surface area contributed by atoms with Crippen LogP contribution >= 0.6 is 22.9 Å². The molecule has 1 N–H and O–H groups in total. The molecule has 0 unspecified atom stereocenters. The van der Waals surface area contributed by atoms with Gasteiger partial charge in [0.2, 0.25) is 5.91 Å². The number of aromatic nitrogens is 2. The number of hydrogen-bond donors (Lipinski definition) is 1. The Bertz CT molecular complexity index is 1070. The number of benzene rings is 1. The van der Waals surface area contributed by atoms with Crippen LogP contribution in [0.1, 0.15) is 40.7 Å². The van der Waals surface area contributed by atoms with E-state index in [0.29, 0.717) is 24.7 Å². The minimum atomic E-state index is -0.0159. The van der Waals surface area contributed by atoms with Crippen LogP contribution in [0.25, 0.3) is 10.2 Å². The van der Waals surface area contributed by atoms with Crippen molar-refractivity contribution in [2.24, 2.45) is 0 Å². The molecule has 3 aromatic rings. The van der Waals surface area contributed by atoms with E-state index in [2.05, 4.69) is 10.4 Å². The number of nitrogens with zero attached hydrogens (tertiary/aromatic N) is 3. The summed E-state index contributed by atoms with van der Waals surface area (Å²) in [6, 6.07) is 9.84. The molecule has 29 heavy (non-hydrogen) atoms. The van der Waals surface area contributed by atoms with Gasteiger partial charge in [0.05, 0.1) is 17.1 Å². The highest BCUT2D eigenvalue weighted by Gasteiger charge is 2.26. The third-order valence-corrected chi connectivity index (χ3v) is 6.79. The predicted octanol–water partition coefficient (Wildman–Crippen LogP) is 3.85. The number of aryl methyl sites for hydroxylation is 1. The first kappa shape index (κ1) is 19.9. The molecule has 1 saturated heterocycles.